The minimum atomic E-state index is -0.417. The first kappa shape index (κ1) is 15.5. The minimum absolute atomic E-state index is 0.0343. The molecule has 0 bridgehead atoms. The maximum atomic E-state index is 10.9. The van der Waals surface area contributed by atoms with Crippen molar-refractivity contribution in [3.63, 3.8) is 0 Å². The van der Waals surface area contributed by atoms with Crippen molar-refractivity contribution < 1.29 is 9.66 Å². The van der Waals surface area contributed by atoms with Gasteiger partial charge in [0.2, 0.25) is 0 Å². The van der Waals surface area contributed by atoms with Crippen LogP contribution in [0.15, 0.2) is 46.9 Å². The van der Waals surface area contributed by atoms with Gasteiger partial charge in [0.1, 0.15) is 5.75 Å². The fourth-order valence-electron chi connectivity index (χ4n) is 1.95. The largest absolute Gasteiger partial charge is 0.496 e. The summed E-state index contributed by atoms with van der Waals surface area (Å²) in [4.78, 5) is 10.5. The molecule has 0 fully saturated rings. The third-order valence-corrected chi connectivity index (χ3v) is 3.77. The second kappa shape index (κ2) is 7.19. The zero-order valence-corrected chi connectivity index (χ0v) is 13.1. The standard InChI is InChI=1S/C15H15BrN2O3/c1-21-14-7-11(6-13(8-14)18(19)20)9-17-10-12-4-2-3-5-15(12)16/h2-8,17H,9-10H2,1H3. The van der Waals surface area contributed by atoms with E-state index in [9.17, 15) is 10.1 Å². The van der Waals surface area contributed by atoms with E-state index in [1.165, 1.54) is 13.2 Å². The highest BCUT2D eigenvalue weighted by Gasteiger charge is 2.10. The van der Waals surface area contributed by atoms with Crippen molar-refractivity contribution in [1.29, 1.82) is 0 Å². The number of hydrogen-bond acceptors (Lipinski definition) is 4. The Morgan fingerprint density at radius 2 is 2.00 bits per heavy atom. The molecular formula is C15H15BrN2O3. The summed E-state index contributed by atoms with van der Waals surface area (Å²) in [5.41, 5.74) is 1.98. The molecule has 0 unspecified atom stereocenters. The summed E-state index contributed by atoms with van der Waals surface area (Å²) in [6, 6.07) is 12.7. The normalized spacial score (nSPS) is 10.4. The molecule has 0 amide bonds. The number of nitrogens with zero attached hydrogens (tertiary/aromatic N) is 1. The van der Waals surface area contributed by atoms with E-state index >= 15 is 0 Å². The van der Waals surface area contributed by atoms with Gasteiger partial charge >= 0.3 is 0 Å². The lowest BCUT2D eigenvalue weighted by molar-refractivity contribution is -0.385. The van der Waals surface area contributed by atoms with Crippen LogP contribution in [0.4, 0.5) is 5.69 Å². The number of nitro groups is 1. The van der Waals surface area contributed by atoms with Crippen LogP contribution in [0.5, 0.6) is 5.75 Å². The van der Waals surface area contributed by atoms with Gasteiger partial charge in [0.15, 0.2) is 0 Å². The predicted octanol–water partition coefficient (Wildman–Crippen LogP) is 3.66. The van der Waals surface area contributed by atoms with Crippen molar-refractivity contribution in [3.05, 3.63) is 68.2 Å². The molecule has 0 atom stereocenters. The Morgan fingerprint density at radius 1 is 1.24 bits per heavy atom. The lowest BCUT2D eigenvalue weighted by Gasteiger charge is -2.08. The van der Waals surface area contributed by atoms with Crippen LogP contribution in [0.3, 0.4) is 0 Å². The first-order chi connectivity index (χ1) is 10.1. The van der Waals surface area contributed by atoms with Crippen molar-refractivity contribution in [2.75, 3.05) is 7.11 Å². The maximum Gasteiger partial charge on any atom is 0.273 e. The van der Waals surface area contributed by atoms with Crippen LogP contribution in [0, 0.1) is 10.1 Å². The molecule has 110 valence electrons. The topological polar surface area (TPSA) is 64.4 Å². The van der Waals surface area contributed by atoms with Gasteiger partial charge in [0.05, 0.1) is 18.1 Å². The lowest BCUT2D eigenvalue weighted by atomic mass is 10.1. The second-order valence-electron chi connectivity index (χ2n) is 4.49. The molecule has 0 aliphatic heterocycles. The van der Waals surface area contributed by atoms with Crippen LogP contribution in [0.2, 0.25) is 0 Å². The summed E-state index contributed by atoms with van der Waals surface area (Å²) < 4.78 is 6.13. The molecule has 2 rings (SSSR count). The van der Waals surface area contributed by atoms with Gasteiger partial charge in [-0.2, -0.15) is 0 Å². The van der Waals surface area contributed by atoms with E-state index in [0.717, 1.165) is 15.6 Å². The van der Waals surface area contributed by atoms with Crippen LogP contribution in [0.25, 0.3) is 0 Å². The monoisotopic (exact) mass is 350 g/mol. The number of nitrogens with one attached hydrogen (secondary N) is 1. The van der Waals surface area contributed by atoms with Gasteiger partial charge in [-0.3, -0.25) is 10.1 Å². The minimum Gasteiger partial charge on any atom is -0.496 e. The Morgan fingerprint density at radius 3 is 2.67 bits per heavy atom. The molecule has 0 spiro atoms. The van der Waals surface area contributed by atoms with E-state index in [2.05, 4.69) is 21.2 Å². The third kappa shape index (κ3) is 4.27. The highest BCUT2D eigenvalue weighted by atomic mass is 79.9. The molecule has 0 heterocycles. The quantitative estimate of drug-likeness (QED) is 0.637. The fourth-order valence-corrected chi connectivity index (χ4v) is 2.38. The van der Waals surface area contributed by atoms with Gasteiger partial charge in [0, 0.05) is 23.6 Å². The van der Waals surface area contributed by atoms with Crippen molar-refractivity contribution in [1.82, 2.24) is 5.32 Å². The van der Waals surface area contributed by atoms with Crippen molar-refractivity contribution in [2.45, 2.75) is 13.1 Å². The Balaban J connectivity index is 2.04. The Hall–Kier alpha value is -1.92. The molecule has 0 aliphatic carbocycles. The number of nitro benzene ring substituents is 1. The molecule has 5 nitrogen and oxygen atoms in total. The van der Waals surface area contributed by atoms with Gasteiger partial charge in [0.25, 0.3) is 5.69 Å². The molecular weight excluding hydrogens is 336 g/mol. The summed E-state index contributed by atoms with van der Waals surface area (Å²) in [5.74, 6) is 0.488. The number of methoxy groups -OCH3 is 1. The van der Waals surface area contributed by atoms with E-state index in [1.54, 1.807) is 12.1 Å². The smallest absolute Gasteiger partial charge is 0.273 e. The molecule has 0 saturated carbocycles. The summed E-state index contributed by atoms with van der Waals surface area (Å²) >= 11 is 3.49. The molecule has 0 saturated heterocycles. The first-order valence-corrected chi connectivity index (χ1v) is 7.16. The van der Waals surface area contributed by atoms with Crippen molar-refractivity contribution in [2.24, 2.45) is 0 Å². The Labute approximate surface area is 131 Å². The van der Waals surface area contributed by atoms with E-state index in [-0.39, 0.29) is 5.69 Å². The number of rotatable bonds is 6. The molecule has 6 heteroatoms. The average Bonchev–Trinajstić information content (AvgIpc) is 2.49. The van der Waals surface area contributed by atoms with Gasteiger partial charge < -0.3 is 10.1 Å². The average molecular weight is 351 g/mol. The Bertz CT molecular complexity index is 647. The third-order valence-electron chi connectivity index (χ3n) is 3.00. The van der Waals surface area contributed by atoms with Crippen LogP contribution in [0.1, 0.15) is 11.1 Å². The first-order valence-electron chi connectivity index (χ1n) is 6.36. The highest BCUT2D eigenvalue weighted by Crippen LogP contribution is 2.22. The maximum absolute atomic E-state index is 10.9. The van der Waals surface area contributed by atoms with E-state index in [0.29, 0.717) is 18.8 Å². The molecule has 0 aromatic heterocycles. The van der Waals surface area contributed by atoms with E-state index in [1.807, 2.05) is 24.3 Å². The molecule has 21 heavy (non-hydrogen) atoms. The van der Waals surface area contributed by atoms with Crippen LogP contribution >= 0.6 is 15.9 Å². The van der Waals surface area contributed by atoms with Gasteiger partial charge in [-0.25, -0.2) is 0 Å². The predicted molar refractivity (Wildman–Crippen MR) is 84.3 cm³/mol. The molecule has 0 radical (unpaired) electrons. The van der Waals surface area contributed by atoms with Crippen molar-refractivity contribution >= 4 is 21.6 Å². The zero-order chi connectivity index (χ0) is 15.2. The number of ether oxygens (including phenoxy) is 1. The SMILES string of the molecule is COc1cc(CNCc2ccccc2Br)cc([N+](=O)[O-])c1. The Kier molecular flexibility index (Phi) is 5.30. The molecule has 2 aromatic carbocycles. The van der Waals surface area contributed by atoms with Gasteiger partial charge in [-0.15, -0.1) is 0 Å². The highest BCUT2D eigenvalue weighted by molar-refractivity contribution is 9.10. The van der Waals surface area contributed by atoms with E-state index in [4.69, 9.17) is 4.74 Å². The number of hydrogen-bond donors (Lipinski definition) is 1. The fraction of sp³-hybridized carbons (Fsp3) is 0.200. The summed E-state index contributed by atoms with van der Waals surface area (Å²) in [7, 11) is 1.50. The second-order valence-corrected chi connectivity index (χ2v) is 5.35. The lowest BCUT2D eigenvalue weighted by Crippen LogP contribution is -2.13. The zero-order valence-electron chi connectivity index (χ0n) is 11.5. The molecule has 2 aromatic rings. The van der Waals surface area contributed by atoms with Gasteiger partial charge in [-0.1, -0.05) is 34.1 Å². The van der Waals surface area contributed by atoms with E-state index < -0.39 is 4.92 Å². The molecule has 0 aliphatic rings. The van der Waals surface area contributed by atoms with Crippen LogP contribution in [-0.4, -0.2) is 12.0 Å². The number of halogens is 1. The number of non-ortho nitro benzene ring substituents is 1. The summed E-state index contributed by atoms with van der Waals surface area (Å²) in [6.45, 7) is 1.20. The summed E-state index contributed by atoms with van der Waals surface area (Å²) in [6.07, 6.45) is 0. The van der Waals surface area contributed by atoms with Gasteiger partial charge in [-0.05, 0) is 23.3 Å². The summed E-state index contributed by atoms with van der Waals surface area (Å²) in [5, 5.41) is 14.2. The number of benzene rings is 2. The molecule has 1 N–H and O–H groups in total. The van der Waals surface area contributed by atoms with Crippen LogP contribution in [-0.2, 0) is 13.1 Å². The van der Waals surface area contributed by atoms with Crippen molar-refractivity contribution in [3.8, 4) is 5.75 Å². The van der Waals surface area contributed by atoms with Crippen LogP contribution < -0.4 is 10.1 Å².